The molecule has 2 rings (SSSR count). The van der Waals surface area contributed by atoms with E-state index in [2.05, 4.69) is 0 Å². The smallest absolute Gasteiger partial charge is 0.321 e. The third kappa shape index (κ3) is 3.34. The maximum Gasteiger partial charge on any atom is 0.358 e. The molecule has 0 aliphatic carbocycles. The molecule has 0 saturated carbocycles. The van der Waals surface area contributed by atoms with Gasteiger partial charge in [0, 0.05) is 0 Å². The maximum absolute atomic E-state index is 11.7. The molecule has 0 aliphatic heterocycles. The zero-order valence-corrected chi connectivity index (χ0v) is 11.6. The highest BCUT2D eigenvalue weighted by Crippen LogP contribution is 2.55. The summed E-state index contributed by atoms with van der Waals surface area (Å²) in [7, 11) is -4.47. The first-order valence-corrected chi connectivity index (χ1v) is 7.56. The van der Waals surface area contributed by atoms with Crippen LogP contribution in [0.25, 0.3) is 10.3 Å². The van der Waals surface area contributed by atoms with Gasteiger partial charge in [0.1, 0.15) is 0 Å². The lowest BCUT2D eigenvalue weighted by molar-refractivity contribution is 0.388. The van der Waals surface area contributed by atoms with E-state index in [1.54, 1.807) is 54.6 Å². The second-order valence-electron chi connectivity index (χ2n) is 3.94. The molecule has 0 heterocycles. The van der Waals surface area contributed by atoms with E-state index < -0.39 is 7.60 Å². The normalized spacial score (nSPS) is 13.0. The van der Waals surface area contributed by atoms with Gasteiger partial charge in [0.2, 0.25) is 0 Å². The van der Waals surface area contributed by atoms with E-state index in [1.165, 1.54) is 0 Å². The van der Waals surface area contributed by atoms with Gasteiger partial charge in [-0.1, -0.05) is 72.3 Å². The first-order valence-electron chi connectivity index (χ1n) is 5.57. The van der Waals surface area contributed by atoms with Crippen LogP contribution < -0.4 is 0 Å². The molecule has 0 radical (unpaired) electrons. The molecule has 2 aromatic rings. The summed E-state index contributed by atoms with van der Waals surface area (Å²) in [5.41, 5.74) is 0.996. The number of hydrogen-bond donors (Lipinski definition) is 2. The van der Waals surface area contributed by atoms with Crippen LogP contribution in [0.1, 0.15) is 11.1 Å². The predicted octanol–water partition coefficient (Wildman–Crippen LogP) is 3.93. The lowest BCUT2D eigenvalue weighted by Gasteiger charge is -2.13. The van der Waals surface area contributed by atoms with Gasteiger partial charge in [0.25, 0.3) is 0 Å². The highest BCUT2D eigenvalue weighted by Gasteiger charge is 2.26. The highest BCUT2D eigenvalue weighted by molar-refractivity contribution is 7.64. The second-order valence-corrected chi connectivity index (χ2v) is 5.85. The van der Waals surface area contributed by atoms with E-state index in [-0.39, 0.29) is 10.3 Å². The van der Waals surface area contributed by atoms with Crippen molar-refractivity contribution in [2.45, 2.75) is 0 Å². The van der Waals surface area contributed by atoms with Crippen LogP contribution in [0.15, 0.2) is 60.7 Å². The molecule has 0 atom stereocenters. The third-order valence-corrected chi connectivity index (χ3v) is 4.18. The van der Waals surface area contributed by atoms with Crippen LogP contribution in [0, 0.1) is 0 Å². The van der Waals surface area contributed by atoms with E-state index in [0.29, 0.717) is 11.1 Å². The minimum absolute atomic E-state index is 0.0696. The van der Waals surface area contributed by atoms with E-state index in [1.807, 2.05) is 6.07 Å². The molecule has 19 heavy (non-hydrogen) atoms. The molecule has 0 saturated heterocycles. The molecule has 0 aromatic heterocycles. The Balaban J connectivity index is 2.66. The van der Waals surface area contributed by atoms with Gasteiger partial charge in [-0.25, -0.2) is 0 Å². The Labute approximate surface area is 116 Å². The molecule has 5 heteroatoms. The zero-order valence-electron chi connectivity index (χ0n) is 9.90. The summed E-state index contributed by atoms with van der Waals surface area (Å²) in [5.74, 6) is 0. The fraction of sp³-hybridized carbons (Fsp3) is 0. The second kappa shape index (κ2) is 5.72. The van der Waals surface area contributed by atoms with Crippen molar-refractivity contribution >= 4 is 29.5 Å². The number of rotatable bonds is 3. The summed E-state index contributed by atoms with van der Waals surface area (Å²) in [6.45, 7) is 0. The standard InChI is InChI=1S/C14H12ClO3P/c15-13(11-7-3-1-4-8-11)14(19(16,17)18)12-9-5-2-6-10-12/h1-10H,(H2,16,17,18)/b14-13+. The Bertz CT molecular complexity index is 632. The Kier molecular flexibility index (Phi) is 4.23. The van der Waals surface area contributed by atoms with Crippen molar-refractivity contribution in [1.29, 1.82) is 0 Å². The molecule has 2 aromatic carbocycles. The van der Waals surface area contributed by atoms with E-state index in [4.69, 9.17) is 11.6 Å². The van der Waals surface area contributed by atoms with Crippen LogP contribution in [0.5, 0.6) is 0 Å². The van der Waals surface area contributed by atoms with Gasteiger partial charge >= 0.3 is 7.60 Å². The van der Waals surface area contributed by atoms with Crippen molar-refractivity contribution in [3.63, 3.8) is 0 Å². The predicted molar refractivity (Wildman–Crippen MR) is 77.6 cm³/mol. The average molecular weight is 295 g/mol. The topological polar surface area (TPSA) is 57.5 Å². The van der Waals surface area contributed by atoms with Crippen LogP contribution in [0.4, 0.5) is 0 Å². The first-order chi connectivity index (χ1) is 9.00. The Hall–Kier alpha value is -1.38. The molecular weight excluding hydrogens is 283 g/mol. The fourth-order valence-corrected chi connectivity index (χ4v) is 3.18. The lowest BCUT2D eigenvalue weighted by Crippen LogP contribution is -1.90. The third-order valence-electron chi connectivity index (χ3n) is 2.57. The van der Waals surface area contributed by atoms with E-state index in [0.717, 1.165) is 0 Å². The summed E-state index contributed by atoms with van der Waals surface area (Å²) < 4.78 is 11.7. The van der Waals surface area contributed by atoms with Crippen molar-refractivity contribution < 1.29 is 14.4 Å². The zero-order chi connectivity index (χ0) is 13.9. The first kappa shape index (κ1) is 14.0. The minimum atomic E-state index is -4.47. The number of hydrogen-bond acceptors (Lipinski definition) is 1. The summed E-state index contributed by atoms with van der Waals surface area (Å²) >= 11 is 6.18. The Morgan fingerprint density at radius 1 is 0.842 bits per heavy atom. The molecule has 2 N–H and O–H groups in total. The Morgan fingerprint density at radius 2 is 1.26 bits per heavy atom. The molecule has 0 spiro atoms. The van der Waals surface area contributed by atoms with Crippen LogP contribution in [0.3, 0.4) is 0 Å². The molecule has 98 valence electrons. The van der Waals surface area contributed by atoms with Crippen LogP contribution >= 0.6 is 19.2 Å². The van der Waals surface area contributed by atoms with Gasteiger partial charge < -0.3 is 9.79 Å². The number of halogens is 1. The Morgan fingerprint density at radius 3 is 1.68 bits per heavy atom. The van der Waals surface area contributed by atoms with E-state index in [9.17, 15) is 14.4 Å². The molecule has 0 unspecified atom stereocenters. The number of benzene rings is 2. The minimum Gasteiger partial charge on any atom is -0.321 e. The lowest BCUT2D eigenvalue weighted by atomic mass is 10.1. The van der Waals surface area contributed by atoms with Crippen molar-refractivity contribution in [2.75, 3.05) is 0 Å². The average Bonchev–Trinajstić information content (AvgIpc) is 2.39. The van der Waals surface area contributed by atoms with Crippen LogP contribution in [-0.4, -0.2) is 9.79 Å². The van der Waals surface area contributed by atoms with Gasteiger partial charge in [-0.3, -0.25) is 4.57 Å². The summed E-state index contributed by atoms with van der Waals surface area (Å²) in [5, 5.41) is -0.0823. The van der Waals surface area contributed by atoms with Crippen LogP contribution in [0.2, 0.25) is 0 Å². The largest absolute Gasteiger partial charge is 0.358 e. The molecule has 3 nitrogen and oxygen atoms in total. The van der Waals surface area contributed by atoms with Gasteiger partial charge in [-0.05, 0) is 11.1 Å². The van der Waals surface area contributed by atoms with E-state index >= 15 is 0 Å². The van der Waals surface area contributed by atoms with Gasteiger partial charge in [0.15, 0.2) is 0 Å². The van der Waals surface area contributed by atoms with Gasteiger partial charge in [-0.2, -0.15) is 0 Å². The molecular formula is C14H12ClO3P. The highest BCUT2D eigenvalue weighted by atomic mass is 35.5. The monoisotopic (exact) mass is 294 g/mol. The van der Waals surface area contributed by atoms with Crippen molar-refractivity contribution in [2.24, 2.45) is 0 Å². The van der Waals surface area contributed by atoms with Gasteiger partial charge in [0.05, 0.1) is 10.3 Å². The molecule has 0 amide bonds. The van der Waals surface area contributed by atoms with Gasteiger partial charge in [-0.15, -0.1) is 0 Å². The SMILES string of the molecule is O=P(O)(O)/C(=C(/Cl)c1ccccc1)c1ccccc1. The van der Waals surface area contributed by atoms with Crippen molar-refractivity contribution in [3.05, 3.63) is 71.8 Å². The maximum atomic E-state index is 11.7. The summed E-state index contributed by atoms with van der Waals surface area (Å²) in [4.78, 5) is 19.1. The fourth-order valence-electron chi connectivity index (χ4n) is 1.74. The van der Waals surface area contributed by atoms with Crippen molar-refractivity contribution in [1.82, 2.24) is 0 Å². The molecule has 0 bridgehead atoms. The summed E-state index contributed by atoms with van der Waals surface area (Å²) in [6, 6.07) is 17.2. The van der Waals surface area contributed by atoms with Crippen molar-refractivity contribution in [3.8, 4) is 0 Å². The quantitative estimate of drug-likeness (QED) is 0.666. The molecule has 0 fully saturated rings. The summed E-state index contributed by atoms with van der Waals surface area (Å²) in [6.07, 6.45) is 0. The molecule has 0 aliphatic rings. The van der Waals surface area contributed by atoms with Crippen LogP contribution in [-0.2, 0) is 4.57 Å².